The molecule has 136 valence electrons. The number of amides is 2. The molecule has 0 saturated carbocycles. The fourth-order valence-corrected chi connectivity index (χ4v) is 3.04. The molecule has 1 aliphatic heterocycles. The van der Waals surface area contributed by atoms with Crippen LogP contribution in [0.3, 0.4) is 0 Å². The molecule has 2 atom stereocenters. The molecule has 1 heterocycles. The number of rotatable bonds is 6. The average Bonchev–Trinajstić information content (AvgIpc) is 3.04. The highest BCUT2D eigenvalue weighted by Gasteiger charge is 2.38. The molecule has 1 saturated heterocycles. The van der Waals surface area contributed by atoms with Gasteiger partial charge in [0.15, 0.2) is 0 Å². The number of carbonyl (C=O) groups is 2. The van der Waals surface area contributed by atoms with E-state index in [1.807, 2.05) is 30.3 Å². The zero-order valence-corrected chi connectivity index (χ0v) is 14.2. The van der Waals surface area contributed by atoms with Crippen LogP contribution in [0.15, 0.2) is 54.6 Å². The number of halogens is 1. The lowest BCUT2D eigenvalue weighted by molar-refractivity contribution is -0.129. The largest absolute Gasteiger partial charge is 0.446 e. The Morgan fingerprint density at radius 1 is 1.19 bits per heavy atom. The molecule has 6 heteroatoms. The van der Waals surface area contributed by atoms with Gasteiger partial charge in [0, 0.05) is 6.42 Å². The quantitative estimate of drug-likeness (QED) is 0.855. The molecule has 0 aliphatic carbocycles. The van der Waals surface area contributed by atoms with Crippen molar-refractivity contribution in [2.45, 2.75) is 31.4 Å². The van der Waals surface area contributed by atoms with Crippen LogP contribution in [0.4, 0.5) is 9.18 Å². The first-order valence-corrected chi connectivity index (χ1v) is 8.53. The van der Waals surface area contributed by atoms with Crippen LogP contribution in [0.5, 0.6) is 0 Å². The van der Waals surface area contributed by atoms with E-state index in [0.717, 1.165) is 10.5 Å². The van der Waals surface area contributed by atoms with Crippen molar-refractivity contribution in [3.63, 3.8) is 0 Å². The number of imide groups is 1. The normalized spacial score (nSPS) is 17.8. The van der Waals surface area contributed by atoms with E-state index < -0.39 is 18.2 Å². The van der Waals surface area contributed by atoms with Crippen LogP contribution in [0.1, 0.15) is 42.5 Å². The first kappa shape index (κ1) is 18.1. The van der Waals surface area contributed by atoms with Gasteiger partial charge in [-0.3, -0.25) is 4.79 Å². The van der Waals surface area contributed by atoms with Crippen LogP contribution < -0.4 is 0 Å². The van der Waals surface area contributed by atoms with Crippen LogP contribution in [0, 0.1) is 5.82 Å². The molecule has 1 N–H and O–H groups in total. The van der Waals surface area contributed by atoms with Crippen LogP contribution in [-0.2, 0) is 9.53 Å². The fourth-order valence-electron chi connectivity index (χ4n) is 3.04. The number of carbonyl (C=O) groups excluding carboxylic acids is 2. The van der Waals surface area contributed by atoms with Gasteiger partial charge in [-0.25, -0.2) is 14.1 Å². The Bertz CT molecular complexity index is 763. The summed E-state index contributed by atoms with van der Waals surface area (Å²) >= 11 is 0. The van der Waals surface area contributed by atoms with E-state index in [9.17, 15) is 19.1 Å². The molecule has 0 bridgehead atoms. The van der Waals surface area contributed by atoms with E-state index >= 15 is 0 Å². The summed E-state index contributed by atoms with van der Waals surface area (Å²) < 4.78 is 18.0. The third-order valence-corrected chi connectivity index (χ3v) is 4.45. The number of aliphatic hydroxyl groups is 1. The Hall–Kier alpha value is -2.73. The summed E-state index contributed by atoms with van der Waals surface area (Å²) in [5.41, 5.74) is 1.44. The lowest BCUT2D eigenvalue weighted by atomic mass is 10.0. The van der Waals surface area contributed by atoms with Crippen molar-refractivity contribution in [3.05, 3.63) is 71.5 Å². The molecule has 0 aromatic heterocycles. The minimum absolute atomic E-state index is 0.122. The molecule has 5 nitrogen and oxygen atoms in total. The van der Waals surface area contributed by atoms with Crippen molar-refractivity contribution in [1.29, 1.82) is 0 Å². The number of cyclic esters (lactones) is 1. The van der Waals surface area contributed by atoms with Gasteiger partial charge in [-0.1, -0.05) is 42.5 Å². The summed E-state index contributed by atoms with van der Waals surface area (Å²) in [5.74, 6) is -0.691. The first-order chi connectivity index (χ1) is 12.6. The number of hydrogen-bond donors (Lipinski definition) is 1. The molecule has 0 radical (unpaired) electrons. The molecule has 26 heavy (non-hydrogen) atoms. The summed E-state index contributed by atoms with van der Waals surface area (Å²) in [6, 6.07) is 14.5. The zero-order chi connectivity index (χ0) is 18.5. The van der Waals surface area contributed by atoms with E-state index in [2.05, 4.69) is 0 Å². The third-order valence-electron chi connectivity index (χ3n) is 4.45. The van der Waals surface area contributed by atoms with E-state index in [4.69, 9.17) is 4.74 Å². The van der Waals surface area contributed by atoms with Crippen LogP contribution in [0.25, 0.3) is 0 Å². The number of aliphatic hydroxyl groups excluding tert-OH is 1. The first-order valence-electron chi connectivity index (χ1n) is 8.53. The fraction of sp³-hybridized carbons (Fsp3) is 0.300. The Morgan fingerprint density at radius 3 is 2.58 bits per heavy atom. The van der Waals surface area contributed by atoms with Gasteiger partial charge in [-0.2, -0.15) is 0 Å². The Labute approximate surface area is 151 Å². The topological polar surface area (TPSA) is 66.8 Å². The van der Waals surface area contributed by atoms with Gasteiger partial charge in [-0.15, -0.1) is 0 Å². The molecule has 1 fully saturated rings. The van der Waals surface area contributed by atoms with Gasteiger partial charge >= 0.3 is 6.09 Å². The zero-order valence-electron chi connectivity index (χ0n) is 14.2. The Balaban J connectivity index is 1.56. The summed E-state index contributed by atoms with van der Waals surface area (Å²) in [6.07, 6.45) is -0.544. The minimum atomic E-state index is -0.779. The number of nitrogens with zero attached hydrogens (tertiary/aromatic N) is 1. The summed E-state index contributed by atoms with van der Waals surface area (Å²) in [4.78, 5) is 25.6. The van der Waals surface area contributed by atoms with Crippen LogP contribution in [-0.4, -0.2) is 28.6 Å². The second-order valence-electron chi connectivity index (χ2n) is 6.23. The highest BCUT2D eigenvalue weighted by molar-refractivity contribution is 5.93. The van der Waals surface area contributed by atoms with E-state index in [1.54, 1.807) is 0 Å². The summed E-state index contributed by atoms with van der Waals surface area (Å²) in [6.45, 7) is 0.146. The smallest absolute Gasteiger partial charge is 0.417 e. The number of hydrogen-bond acceptors (Lipinski definition) is 4. The van der Waals surface area contributed by atoms with Gasteiger partial charge in [0.2, 0.25) is 5.91 Å². The van der Waals surface area contributed by atoms with Crippen LogP contribution in [0.2, 0.25) is 0 Å². The Morgan fingerprint density at radius 2 is 1.88 bits per heavy atom. The van der Waals surface area contributed by atoms with Crippen molar-refractivity contribution in [1.82, 2.24) is 4.90 Å². The van der Waals surface area contributed by atoms with Crippen molar-refractivity contribution >= 4 is 12.0 Å². The molecule has 0 spiro atoms. The maximum Gasteiger partial charge on any atom is 0.417 e. The lowest BCUT2D eigenvalue weighted by Crippen LogP contribution is -2.34. The molecular weight excluding hydrogens is 337 g/mol. The number of benzene rings is 2. The van der Waals surface area contributed by atoms with Gasteiger partial charge in [0.1, 0.15) is 18.5 Å². The SMILES string of the molecule is O=C(CCC[C@@H](O)c1ccc(F)cc1)N1C(=O)OC[C@H]1c1ccccc1. The maximum absolute atomic E-state index is 12.9. The monoisotopic (exact) mass is 357 g/mol. The predicted octanol–water partition coefficient (Wildman–Crippen LogP) is 3.75. The molecule has 2 aromatic carbocycles. The van der Waals surface area contributed by atoms with E-state index in [0.29, 0.717) is 18.4 Å². The van der Waals surface area contributed by atoms with Gasteiger partial charge in [-0.05, 0) is 36.1 Å². The molecule has 2 amide bonds. The highest BCUT2D eigenvalue weighted by atomic mass is 19.1. The van der Waals surface area contributed by atoms with Crippen LogP contribution >= 0.6 is 0 Å². The van der Waals surface area contributed by atoms with Gasteiger partial charge in [0.05, 0.1) is 6.10 Å². The standard InChI is InChI=1S/C20H20FNO4/c21-16-11-9-15(10-12-16)18(23)7-4-8-19(24)22-17(13-26-20(22)25)14-5-2-1-3-6-14/h1-3,5-6,9-12,17-18,23H,4,7-8,13H2/t17-,18+/m0/s1. The average molecular weight is 357 g/mol. The van der Waals surface area contributed by atoms with Crippen molar-refractivity contribution < 1.29 is 23.8 Å². The van der Waals surface area contributed by atoms with Crippen molar-refractivity contribution in [2.75, 3.05) is 6.61 Å². The second kappa shape index (κ2) is 8.10. The van der Waals surface area contributed by atoms with Crippen molar-refractivity contribution in [3.8, 4) is 0 Å². The molecule has 1 aliphatic rings. The molecule has 2 aromatic rings. The lowest BCUT2D eigenvalue weighted by Gasteiger charge is -2.20. The van der Waals surface area contributed by atoms with Gasteiger partial charge in [0.25, 0.3) is 0 Å². The molecule has 3 rings (SSSR count). The second-order valence-corrected chi connectivity index (χ2v) is 6.23. The van der Waals surface area contributed by atoms with Crippen molar-refractivity contribution in [2.24, 2.45) is 0 Å². The van der Waals surface area contributed by atoms with E-state index in [1.165, 1.54) is 24.3 Å². The van der Waals surface area contributed by atoms with E-state index in [-0.39, 0.29) is 24.8 Å². The minimum Gasteiger partial charge on any atom is -0.446 e. The van der Waals surface area contributed by atoms with Gasteiger partial charge < -0.3 is 9.84 Å². The highest BCUT2D eigenvalue weighted by Crippen LogP contribution is 2.29. The Kier molecular flexibility index (Phi) is 5.63. The predicted molar refractivity (Wildman–Crippen MR) is 92.6 cm³/mol. The summed E-state index contributed by atoms with van der Waals surface area (Å²) in [7, 11) is 0. The molecular formula is C20H20FNO4. The number of ether oxygens (including phenoxy) is 1. The molecule has 0 unspecified atom stereocenters. The third kappa shape index (κ3) is 4.08. The summed E-state index contributed by atoms with van der Waals surface area (Å²) in [5, 5.41) is 10.1. The maximum atomic E-state index is 12.9.